The Balaban J connectivity index is 2.27. The van der Waals surface area contributed by atoms with Crippen molar-refractivity contribution >= 4 is 28.8 Å². The summed E-state index contributed by atoms with van der Waals surface area (Å²) in [6, 6.07) is 9.57. The lowest BCUT2D eigenvalue weighted by molar-refractivity contribution is 0.906. The Labute approximate surface area is 133 Å². The van der Waals surface area contributed by atoms with Gasteiger partial charge < -0.3 is 10.1 Å². The van der Waals surface area contributed by atoms with Gasteiger partial charge in [0.2, 0.25) is 0 Å². The summed E-state index contributed by atoms with van der Waals surface area (Å²) in [6.45, 7) is 2.60. The molecule has 2 heterocycles. The van der Waals surface area contributed by atoms with Gasteiger partial charge in [-0.1, -0.05) is 23.2 Å². The summed E-state index contributed by atoms with van der Waals surface area (Å²) in [5.41, 5.74) is 10.6. The Morgan fingerprint density at radius 2 is 2.00 bits per heavy atom. The van der Waals surface area contributed by atoms with E-state index in [0.717, 1.165) is 29.0 Å². The summed E-state index contributed by atoms with van der Waals surface area (Å²) in [6.07, 6.45) is 2.76. The fraction of sp³-hybridized carbons (Fsp3) is 0.188. The molecule has 3 nitrogen and oxygen atoms in total. The van der Waals surface area contributed by atoms with Crippen LogP contribution in [0.5, 0.6) is 0 Å². The molecule has 108 valence electrons. The highest BCUT2D eigenvalue weighted by Crippen LogP contribution is 2.32. The first-order valence-corrected chi connectivity index (χ1v) is 7.49. The van der Waals surface area contributed by atoms with E-state index >= 15 is 0 Å². The third-order valence-electron chi connectivity index (χ3n) is 3.45. The van der Waals surface area contributed by atoms with Gasteiger partial charge in [0.1, 0.15) is 5.65 Å². The zero-order chi connectivity index (χ0) is 15.0. The molecule has 0 radical (unpaired) electrons. The Bertz CT molecular complexity index is 809. The number of aromatic nitrogens is 2. The first-order chi connectivity index (χ1) is 10.1. The van der Waals surface area contributed by atoms with Crippen LogP contribution in [0.1, 0.15) is 11.3 Å². The third-order valence-corrected chi connectivity index (χ3v) is 4.00. The zero-order valence-electron chi connectivity index (χ0n) is 11.6. The normalized spacial score (nSPS) is 11.2. The number of pyridine rings is 1. The average Bonchev–Trinajstić information content (AvgIpc) is 2.77. The van der Waals surface area contributed by atoms with Crippen molar-refractivity contribution in [2.24, 2.45) is 5.73 Å². The average molecular weight is 320 g/mol. The number of rotatable bonds is 3. The van der Waals surface area contributed by atoms with Crippen molar-refractivity contribution < 1.29 is 0 Å². The summed E-state index contributed by atoms with van der Waals surface area (Å²) in [7, 11) is 0. The van der Waals surface area contributed by atoms with Gasteiger partial charge in [0.05, 0.1) is 16.4 Å². The van der Waals surface area contributed by atoms with Gasteiger partial charge in [0.15, 0.2) is 0 Å². The summed E-state index contributed by atoms with van der Waals surface area (Å²) < 4.78 is 2.07. The van der Waals surface area contributed by atoms with Gasteiger partial charge in [-0.2, -0.15) is 0 Å². The molecular weight excluding hydrogens is 305 g/mol. The van der Waals surface area contributed by atoms with Gasteiger partial charge in [0, 0.05) is 23.2 Å². The van der Waals surface area contributed by atoms with Gasteiger partial charge in [-0.05, 0) is 49.4 Å². The summed E-state index contributed by atoms with van der Waals surface area (Å²) in [5, 5.41) is 1.21. The summed E-state index contributed by atoms with van der Waals surface area (Å²) in [5.74, 6) is 0. The lowest BCUT2D eigenvalue weighted by Crippen LogP contribution is -2.06. The molecule has 0 unspecified atom stereocenters. The molecule has 0 bridgehead atoms. The molecule has 3 aromatic rings. The predicted molar refractivity (Wildman–Crippen MR) is 88.1 cm³/mol. The second-order valence-corrected chi connectivity index (χ2v) is 5.85. The minimum Gasteiger partial charge on any atom is -0.330 e. The molecular formula is C16H15Cl2N3. The Hall–Kier alpha value is -1.55. The summed E-state index contributed by atoms with van der Waals surface area (Å²) >= 11 is 12.3. The second-order valence-electron chi connectivity index (χ2n) is 5.00. The quantitative estimate of drug-likeness (QED) is 0.789. The van der Waals surface area contributed by atoms with Crippen LogP contribution in [0.4, 0.5) is 0 Å². The van der Waals surface area contributed by atoms with Crippen molar-refractivity contribution in [3.8, 4) is 11.3 Å². The molecule has 2 aromatic heterocycles. The van der Waals surface area contributed by atoms with Crippen LogP contribution in [-0.4, -0.2) is 15.9 Å². The standard InChI is InChI=1S/C16H15Cl2N3/c1-10-5-7-21-14(4-6-19)16(20-15(21)8-10)12-3-2-11(17)9-13(12)18/h2-3,5,7-9H,4,6,19H2,1H3. The Kier molecular flexibility index (Phi) is 3.89. The minimum atomic E-state index is 0.555. The topological polar surface area (TPSA) is 43.3 Å². The number of hydrogen-bond donors (Lipinski definition) is 1. The van der Waals surface area contributed by atoms with Crippen molar-refractivity contribution in [2.45, 2.75) is 13.3 Å². The van der Waals surface area contributed by atoms with Gasteiger partial charge in [-0.3, -0.25) is 0 Å². The number of imidazole rings is 1. The maximum atomic E-state index is 6.33. The van der Waals surface area contributed by atoms with E-state index < -0.39 is 0 Å². The second kappa shape index (κ2) is 5.68. The number of nitrogens with two attached hydrogens (primary N) is 1. The fourth-order valence-electron chi connectivity index (χ4n) is 2.47. The van der Waals surface area contributed by atoms with Crippen molar-refractivity contribution in [1.29, 1.82) is 0 Å². The number of fused-ring (bicyclic) bond motifs is 1. The predicted octanol–water partition coefficient (Wildman–Crippen LogP) is 4.12. The fourth-order valence-corrected chi connectivity index (χ4v) is 2.97. The van der Waals surface area contributed by atoms with Crippen LogP contribution in [0.2, 0.25) is 10.0 Å². The molecule has 3 rings (SSSR count). The number of halogens is 2. The van der Waals surface area contributed by atoms with Crippen molar-refractivity contribution in [3.63, 3.8) is 0 Å². The Morgan fingerprint density at radius 1 is 1.19 bits per heavy atom. The molecule has 0 saturated carbocycles. The smallest absolute Gasteiger partial charge is 0.137 e. The molecule has 1 aromatic carbocycles. The number of hydrogen-bond acceptors (Lipinski definition) is 2. The van der Waals surface area contributed by atoms with E-state index in [4.69, 9.17) is 33.9 Å². The highest BCUT2D eigenvalue weighted by atomic mass is 35.5. The molecule has 0 aliphatic rings. The van der Waals surface area contributed by atoms with Crippen molar-refractivity contribution in [2.75, 3.05) is 6.54 Å². The number of benzene rings is 1. The van der Waals surface area contributed by atoms with Gasteiger partial charge in [-0.15, -0.1) is 0 Å². The first-order valence-electron chi connectivity index (χ1n) is 6.73. The Morgan fingerprint density at radius 3 is 2.71 bits per heavy atom. The van der Waals surface area contributed by atoms with E-state index in [1.165, 1.54) is 5.56 Å². The number of nitrogens with zero attached hydrogens (tertiary/aromatic N) is 2. The molecule has 21 heavy (non-hydrogen) atoms. The van der Waals surface area contributed by atoms with Crippen LogP contribution in [0.3, 0.4) is 0 Å². The monoisotopic (exact) mass is 319 g/mol. The van der Waals surface area contributed by atoms with E-state index in [1.807, 2.05) is 31.3 Å². The molecule has 5 heteroatoms. The van der Waals surface area contributed by atoms with Crippen LogP contribution in [-0.2, 0) is 6.42 Å². The molecule has 0 saturated heterocycles. The van der Waals surface area contributed by atoms with Gasteiger partial charge in [-0.25, -0.2) is 4.98 Å². The van der Waals surface area contributed by atoms with Crippen LogP contribution < -0.4 is 5.73 Å². The van der Waals surface area contributed by atoms with Crippen LogP contribution in [0, 0.1) is 6.92 Å². The lowest BCUT2D eigenvalue weighted by atomic mass is 10.1. The highest BCUT2D eigenvalue weighted by molar-refractivity contribution is 6.36. The molecule has 0 atom stereocenters. The zero-order valence-corrected chi connectivity index (χ0v) is 13.1. The van der Waals surface area contributed by atoms with Gasteiger partial charge >= 0.3 is 0 Å². The number of aryl methyl sites for hydroxylation is 1. The van der Waals surface area contributed by atoms with Crippen molar-refractivity contribution in [1.82, 2.24) is 9.38 Å². The van der Waals surface area contributed by atoms with Crippen molar-refractivity contribution in [3.05, 3.63) is 57.8 Å². The van der Waals surface area contributed by atoms with E-state index in [2.05, 4.69) is 10.5 Å². The van der Waals surface area contributed by atoms with E-state index in [-0.39, 0.29) is 0 Å². The lowest BCUT2D eigenvalue weighted by Gasteiger charge is -2.06. The molecule has 0 aliphatic heterocycles. The van der Waals surface area contributed by atoms with E-state index in [0.29, 0.717) is 16.6 Å². The molecule has 0 aliphatic carbocycles. The molecule has 0 amide bonds. The van der Waals surface area contributed by atoms with Crippen LogP contribution in [0.25, 0.3) is 16.9 Å². The maximum Gasteiger partial charge on any atom is 0.137 e. The van der Waals surface area contributed by atoms with Crippen LogP contribution >= 0.6 is 23.2 Å². The SMILES string of the molecule is Cc1ccn2c(CCN)c(-c3ccc(Cl)cc3Cl)nc2c1. The third kappa shape index (κ3) is 2.64. The summed E-state index contributed by atoms with van der Waals surface area (Å²) in [4.78, 5) is 4.73. The van der Waals surface area contributed by atoms with Gasteiger partial charge in [0.25, 0.3) is 0 Å². The molecule has 0 fully saturated rings. The van der Waals surface area contributed by atoms with E-state index in [9.17, 15) is 0 Å². The van der Waals surface area contributed by atoms with E-state index in [1.54, 1.807) is 6.07 Å². The molecule has 2 N–H and O–H groups in total. The van der Waals surface area contributed by atoms with Crippen LogP contribution in [0.15, 0.2) is 36.5 Å². The molecule has 0 spiro atoms. The first kappa shape index (κ1) is 14.4. The highest BCUT2D eigenvalue weighted by Gasteiger charge is 2.16. The largest absolute Gasteiger partial charge is 0.330 e. The maximum absolute atomic E-state index is 6.33. The minimum absolute atomic E-state index is 0.555.